The van der Waals surface area contributed by atoms with Crippen molar-refractivity contribution < 1.29 is 0 Å². The summed E-state index contributed by atoms with van der Waals surface area (Å²) in [6, 6.07) is 0.726. The van der Waals surface area contributed by atoms with Gasteiger partial charge in [-0.3, -0.25) is 0 Å². The first kappa shape index (κ1) is 9.81. The van der Waals surface area contributed by atoms with Gasteiger partial charge >= 0.3 is 0 Å². The van der Waals surface area contributed by atoms with Crippen LogP contribution in [0.1, 0.15) is 26.7 Å². The average molecular weight is 200 g/mol. The van der Waals surface area contributed by atoms with Crippen LogP contribution in [0, 0.1) is 0 Å². The van der Waals surface area contributed by atoms with E-state index in [1.165, 1.54) is 38.2 Å². The van der Waals surface area contributed by atoms with Crippen molar-refractivity contribution in [3.8, 4) is 0 Å². The summed E-state index contributed by atoms with van der Waals surface area (Å²) in [5.74, 6) is 1.31. The second kappa shape index (κ2) is 3.79. The van der Waals surface area contributed by atoms with Gasteiger partial charge in [0.1, 0.15) is 0 Å². The van der Waals surface area contributed by atoms with Gasteiger partial charge in [-0.25, -0.2) is 0 Å². The van der Waals surface area contributed by atoms with Crippen molar-refractivity contribution >= 4 is 11.8 Å². The molecule has 2 aliphatic rings. The number of nitrogens with one attached hydrogen (secondary N) is 1. The Bertz CT molecular complexity index is 166. The molecule has 0 aromatic carbocycles. The fourth-order valence-electron chi connectivity index (χ4n) is 2.30. The second-order valence-corrected chi connectivity index (χ2v) is 5.88. The highest BCUT2D eigenvalue weighted by molar-refractivity contribution is 8.00. The van der Waals surface area contributed by atoms with E-state index in [4.69, 9.17) is 0 Å². The quantitative estimate of drug-likeness (QED) is 0.691. The maximum Gasteiger partial charge on any atom is 0.0670 e. The molecule has 0 aliphatic carbocycles. The molecule has 2 nitrogen and oxygen atoms in total. The van der Waals surface area contributed by atoms with Crippen LogP contribution in [0.2, 0.25) is 0 Å². The minimum atomic E-state index is 0.464. The predicted octanol–water partition coefficient (Wildman–Crippen LogP) is 1.52. The highest BCUT2D eigenvalue weighted by atomic mass is 32.2. The van der Waals surface area contributed by atoms with Crippen LogP contribution in [0.5, 0.6) is 0 Å². The lowest BCUT2D eigenvalue weighted by Gasteiger charge is -2.40. The predicted molar refractivity (Wildman–Crippen MR) is 59.1 cm³/mol. The molecule has 0 saturated carbocycles. The molecule has 1 N–H and O–H groups in total. The fourth-order valence-corrected chi connectivity index (χ4v) is 3.57. The molecule has 0 aromatic heterocycles. The summed E-state index contributed by atoms with van der Waals surface area (Å²) in [6.45, 7) is 8.36. The van der Waals surface area contributed by atoms with Gasteiger partial charge < -0.3 is 10.2 Å². The molecule has 0 atom stereocenters. The lowest BCUT2D eigenvalue weighted by Crippen LogP contribution is -2.50. The molecule has 3 heteroatoms. The molecule has 2 rings (SSSR count). The van der Waals surface area contributed by atoms with Crippen molar-refractivity contribution in [3.63, 3.8) is 0 Å². The normalized spacial score (nSPS) is 28.8. The summed E-state index contributed by atoms with van der Waals surface area (Å²) >= 11 is 2.14. The molecular formula is C10H20N2S. The van der Waals surface area contributed by atoms with Crippen LogP contribution in [0.4, 0.5) is 0 Å². The first-order chi connectivity index (χ1) is 6.22. The van der Waals surface area contributed by atoms with Crippen molar-refractivity contribution in [1.82, 2.24) is 10.2 Å². The van der Waals surface area contributed by atoms with E-state index in [0.717, 1.165) is 6.04 Å². The summed E-state index contributed by atoms with van der Waals surface area (Å²) in [6.07, 6.45) is 2.66. The van der Waals surface area contributed by atoms with Crippen LogP contribution in [0.25, 0.3) is 0 Å². The van der Waals surface area contributed by atoms with Gasteiger partial charge in [-0.15, -0.1) is 11.8 Å². The maximum absolute atomic E-state index is 3.67. The van der Waals surface area contributed by atoms with Gasteiger partial charge in [-0.05, 0) is 26.7 Å². The largest absolute Gasteiger partial charge is 0.302 e. The molecule has 0 amide bonds. The van der Waals surface area contributed by atoms with Crippen molar-refractivity contribution in [2.45, 2.75) is 37.6 Å². The monoisotopic (exact) mass is 200 g/mol. The van der Waals surface area contributed by atoms with Crippen molar-refractivity contribution in [1.29, 1.82) is 0 Å². The van der Waals surface area contributed by atoms with E-state index < -0.39 is 0 Å². The minimum absolute atomic E-state index is 0.464. The van der Waals surface area contributed by atoms with Crippen molar-refractivity contribution in [2.24, 2.45) is 0 Å². The molecule has 0 radical (unpaired) electrons. The zero-order valence-electron chi connectivity index (χ0n) is 8.68. The SMILES string of the molecule is CC(C)N1CCC2(CC1)NCCS2. The molecule has 0 aromatic rings. The first-order valence-corrected chi connectivity index (χ1v) is 6.33. The Balaban J connectivity index is 1.88. The van der Waals surface area contributed by atoms with Crippen LogP contribution in [-0.4, -0.2) is 41.2 Å². The zero-order chi connectivity index (χ0) is 9.31. The highest BCUT2D eigenvalue weighted by Crippen LogP contribution is 2.37. The Kier molecular flexibility index (Phi) is 2.86. The van der Waals surface area contributed by atoms with Gasteiger partial charge in [-0.2, -0.15) is 0 Å². The maximum atomic E-state index is 3.67. The van der Waals surface area contributed by atoms with E-state index in [2.05, 4.69) is 35.8 Å². The summed E-state index contributed by atoms with van der Waals surface area (Å²) in [4.78, 5) is 3.05. The Morgan fingerprint density at radius 3 is 2.46 bits per heavy atom. The van der Waals surface area contributed by atoms with E-state index in [1.807, 2.05) is 0 Å². The second-order valence-electron chi connectivity index (χ2n) is 4.40. The number of piperidine rings is 1. The third-order valence-corrected chi connectivity index (χ3v) is 4.78. The van der Waals surface area contributed by atoms with Crippen molar-refractivity contribution in [2.75, 3.05) is 25.4 Å². The van der Waals surface area contributed by atoms with Crippen LogP contribution < -0.4 is 5.32 Å². The Morgan fingerprint density at radius 1 is 1.31 bits per heavy atom. The molecule has 2 fully saturated rings. The molecule has 0 unspecified atom stereocenters. The van der Waals surface area contributed by atoms with Crippen molar-refractivity contribution in [3.05, 3.63) is 0 Å². The summed E-state index contributed by atoms with van der Waals surface area (Å²) in [7, 11) is 0. The lowest BCUT2D eigenvalue weighted by molar-refractivity contribution is 0.154. The third-order valence-electron chi connectivity index (χ3n) is 3.26. The highest BCUT2D eigenvalue weighted by Gasteiger charge is 2.37. The topological polar surface area (TPSA) is 15.3 Å². The molecule has 0 bridgehead atoms. The van der Waals surface area contributed by atoms with Gasteiger partial charge in [0, 0.05) is 31.4 Å². The van der Waals surface area contributed by atoms with Gasteiger partial charge in [0.25, 0.3) is 0 Å². The van der Waals surface area contributed by atoms with Crippen LogP contribution in [0.15, 0.2) is 0 Å². The van der Waals surface area contributed by atoms with Gasteiger partial charge in [-0.1, -0.05) is 0 Å². The van der Waals surface area contributed by atoms with E-state index in [1.54, 1.807) is 0 Å². The molecule has 2 heterocycles. The molecule has 2 saturated heterocycles. The molecule has 76 valence electrons. The standard InChI is InChI=1S/C10H20N2S/c1-9(2)12-6-3-10(4-7-12)11-5-8-13-10/h9,11H,3-8H2,1-2H3. The number of likely N-dealkylation sites (tertiary alicyclic amines) is 1. The third kappa shape index (κ3) is 2.03. The fraction of sp³-hybridized carbons (Fsp3) is 1.00. The number of nitrogens with zero attached hydrogens (tertiary/aromatic N) is 1. The molecule has 13 heavy (non-hydrogen) atoms. The summed E-state index contributed by atoms with van der Waals surface area (Å²) < 4.78 is 0. The first-order valence-electron chi connectivity index (χ1n) is 5.35. The zero-order valence-corrected chi connectivity index (χ0v) is 9.49. The summed E-state index contributed by atoms with van der Waals surface area (Å²) in [5, 5.41) is 3.67. The van der Waals surface area contributed by atoms with Gasteiger partial charge in [0.2, 0.25) is 0 Å². The van der Waals surface area contributed by atoms with E-state index in [9.17, 15) is 0 Å². The number of rotatable bonds is 1. The lowest BCUT2D eigenvalue weighted by atomic mass is 10.0. The Morgan fingerprint density at radius 2 is 2.00 bits per heavy atom. The molecule has 2 aliphatic heterocycles. The molecule has 1 spiro atoms. The van der Waals surface area contributed by atoms with E-state index in [-0.39, 0.29) is 0 Å². The number of thioether (sulfide) groups is 1. The van der Waals surface area contributed by atoms with E-state index >= 15 is 0 Å². The number of hydrogen-bond donors (Lipinski definition) is 1. The number of hydrogen-bond acceptors (Lipinski definition) is 3. The van der Waals surface area contributed by atoms with Gasteiger partial charge in [0.05, 0.1) is 4.87 Å². The van der Waals surface area contributed by atoms with Crippen LogP contribution in [-0.2, 0) is 0 Å². The van der Waals surface area contributed by atoms with Gasteiger partial charge in [0.15, 0.2) is 0 Å². The Hall–Kier alpha value is 0.270. The minimum Gasteiger partial charge on any atom is -0.302 e. The Labute approximate surface area is 85.4 Å². The molecular weight excluding hydrogens is 180 g/mol. The average Bonchev–Trinajstić information content (AvgIpc) is 2.54. The van der Waals surface area contributed by atoms with E-state index in [0.29, 0.717) is 4.87 Å². The smallest absolute Gasteiger partial charge is 0.0670 e. The van der Waals surface area contributed by atoms with Crippen LogP contribution >= 0.6 is 11.8 Å². The summed E-state index contributed by atoms with van der Waals surface area (Å²) in [5.41, 5.74) is 0. The van der Waals surface area contributed by atoms with Crippen LogP contribution in [0.3, 0.4) is 0 Å².